The van der Waals surface area contributed by atoms with Crippen LogP contribution < -0.4 is 0 Å². The molecule has 0 aliphatic rings. The monoisotopic (exact) mass is 299 g/mol. The van der Waals surface area contributed by atoms with Crippen LogP contribution in [0.4, 0.5) is 5.82 Å². The van der Waals surface area contributed by atoms with Crippen molar-refractivity contribution in [1.29, 1.82) is 0 Å². The molecule has 2 aromatic heterocycles. The summed E-state index contributed by atoms with van der Waals surface area (Å²) in [6.45, 7) is 0. The molecule has 104 valence electrons. The first-order valence-electron chi connectivity index (χ1n) is 6.20. The van der Waals surface area contributed by atoms with Gasteiger partial charge in [-0.1, -0.05) is 48.0 Å². The first kappa shape index (κ1) is 13.3. The summed E-state index contributed by atoms with van der Waals surface area (Å²) in [6, 6.07) is 12.8. The van der Waals surface area contributed by atoms with Gasteiger partial charge in [0.05, 0.1) is 5.02 Å². The zero-order valence-corrected chi connectivity index (χ0v) is 11.6. The number of rotatable bonds is 3. The summed E-state index contributed by atoms with van der Waals surface area (Å²) < 4.78 is 1.38. The van der Waals surface area contributed by atoms with E-state index in [0.717, 1.165) is 5.56 Å². The van der Waals surface area contributed by atoms with Crippen LogP contribution in [-0.2, 0) is 0 Å². The van der Waals surface area contributed by atoms with Gasteiger partial charge in [0.15, 0.2) is 5.69 Å². The molecule has 0 amide bonds. The highest BCUT2D eigenvalue weighted by atomic mass is 35.5. The Morgan fingerprint density at radius 2 is 1.90 bits per heavy atom. The maximum Gasteiger partial charge on any atom is 0.355 e. The summed E-state index contributed by atoms with van der Waals surface area (Å²) in [5.74, 6) is -0.0975. The lowest BCUT2D eigenvalue weighted by Crippen LogP contribution is -1.95. The maximum absolute atomic E-state index is 11.3. The van der Waals surface area contributed by atoms with Crippen LogP contribution in [0.25, 0.3) is 17.8 Å². The second kappa shape index (κ2) is 5.38. The van der Waals surface area contributed by atoms with Crippen molar-refractivity contribution in [2.75, 3.05) is 0 Å². The van der Waals surface area contributed by atoms with E-state index in [2.05, 4.69) is 4.98 Å². The first-order chi connectivity index (χ1) is 10.1. The molecule has 0 saturated heterocycles. The Morgan fingerprint density at radius 1 is 1.14 bits per heavy atom. The summed E-state index contributed by atoms with van der Waals surface area (Å²) in [4.78, 5) is 15.1. The van der Waals surface area contributed by atoms with Gasteiger partial charge in [-0.3, -0.25) is 0 Å². The summed E-state index contributed by atoms with van der Waals surface area (Å²) in [5, 5.41) is 11.7. The van der Waals surface area contributed by atoms with E-state index in [1.807, 2.05) is 30.3 Å². The Kier molecular flexibility index (Phi) is 3.41. The van der Waals surface area contributed by atoms with E-state index in [1.165, 1.54) is 10.6 Å². The Balaban J connectivity index is 2.12. The smallest absolute Gasteiger partial charge is 0.355 e. The Labute approximate surface area is 125 Å². The molecule has 0 aliphatic carbocycles. The van der Waals surface area contributed by atoms with E-state index in [9.17, 15) is 10.1 Å². The Hall–Kier alpha value is -2.66. The third-order valence-corrected chi connectivity index (χ3v) is 3.21. The van der Waals surface area contributed by atoms with Gasteiger partial charge >= 0.3 is 5.82 Å². The Morgan fingerprint density at radius 3 is 2.62 bits per heavy atom. The van der Waals surface area contributed by atoms with Crippen molar-refractivity contribution < 1.29 is 4.92 Å². The fraction of sp³-hybridized carbons (Fsp3) is 0. The lowest BCUT2D eigenvalue weighted by Gasteiger charge is -1.95. The quantitative estimate of drug-likeness (QED) is 0.541. The van der Waals surface area contributed by atoms with Gasteiger partial charge in [0, 0.05) is 6.07 Å². The van der Waals surface area contributed by atoms with Crippen molar-refractivity contribution in [2.24, 2.45) is 0 Å². The molecule has 0 N–H and O–H groups in total. The average Bonchev–Trinajstić information content (AvgIpc) is 2.84. The van der Waals surface area contributed by atoms with E-state index in [-0.39, 0.29) is 5.82 Å². The molecular weight excluding hydrogens is 290 g/mol. The molecule has 0 atom stereocenters. The molecule has 0 spiro atoms. The topological polar surface area (TPSA) is 60.4 Å². The van der Waals surface area contributed by atoms with Crippen LogP contribution >= 0.6 is 11.6 Å². The van der Waals surface area contributed by atoms with Crippen molar-refractivity contribution in [3.8, 4) is 0 Å². The van der Waals surface area contributed by atoms with Gasteiger partial charge < -0.3 is 10.1 Å². The largest absolute Gasteiger partial charge is 0.358 e. The van der Waals surface area contributed by atoms with E-state index < -0.39 is 4.92 Å². The van der Waals surface area contributed by atoms with E-state index in [0.29, 0.717) is 16.4 Å². The molecule has 0 saturated carbocycles. The summed E-state index contributed by atoms with van der Waals surface area (Å²) in [6.07, 6.45) is 4.91. The minimum Gasteiger partial charge on any atom is -0.358 e. The number of nitro groups is 1. The van der Waals surface area contributed by atoms with Crippen LogP contribution in [0.5, 0.6) is 0 Å². The SMILES string of the molecule is O=[N+]([O-])c1c(C=Cc2ccccc2)nc2ccc(Cl)cn12. The minimum absolute atomic E-state index is 0.0975. The number of imidazole rings is 1. The van der Waals surface area contributed by atoms with Crippen molar-refractivity contribution in [3.05, 3.63) is 75.1 Å². The van der Waals surface area contributed by atoms with Gasteiger partial charge in [-0.25, -0.2) is 4.98 Å². The molecule has 0 radical (unpaired) electrons. The maximum atomic E-state index is 11.3. The van der Waals surface area contributed by atoms with Crippen molar-refractivity contribution in [2.45, 2.75) is 0 Å². The summed E-state index contributed by atoms with van der Waals surface area (Å²) in [5.41, 5.74) is 1.73. The van der Waals surface area contributed by atoms with Crippen LogP contribution in [0.2, 0.25) is 5.02 Å². The summed E-state index contributed by atoms with van der Waals surface area (Å²) >= 11 is 5.89. The molecule has 6 heteroatoms. The molecule has 2 heterocycles. The van der Waals surface area contributed by atoms with Crippen molar-refractivity contribution >= 4 is 35.2 Å². The van der Waals surface area contributed by atoms with Gasteiger partial charge in [-0.2, -0.15) is 4.40 Å². The molecule has 1 aromatic carbocycles. The molecule has 21 heavy (non-hydrogen) atoms. The van der Waals surface area contributed by atoms with Gasteiger partial charge in [0.25, 0.3) is 0 Å². The molecule has 0 aliphatic heterocycles. The number of fused-ring (bicyclic) bond motifs is 1. The van der Waals surface area contributed by atoms with Crippen LogP contribution in [0, 0.1) is 10.1 Å². The molecule has 3 aromatic rings. The lowest BCUT2D eigenvalue weighted by molar-refractivity contribution is -0.390. The standard InChI is InChI=1S/C15H10ClN3O2/c16-12-7-9-14-17-13(15(19(20)21)18(14)10-12)8-6-11-4-2-1-3-5-11/h1-10H. The molecule has 0 fully saturated rings. The van der Waals surface area contributed by atoms with Crippen molar-refractivity contribution in [3.63, 3.8) is 0 Å². The highest BCUT2D eigenvalue weighted by Crippen LogP contribution is 2.24. The highest BCUT2D eigenvalue weighted by Gasteiger charge is 2.20. The predicted octanol–water partition coefficient (Wildman–Crippen LogP) is 4.07. The van der Waals surface area contributed by atoms with Gasteiger partial charge in [0.1, 0.15) is 6.20 Å². The van der Waals surface area contributed by atoms with Crippen molar-refractivity contribution in [1.82, 2.24) is 9.38 Å². The van der Waals surface area contributed by atoms with E-state index in [4.69, 9.17) is 11.6 Å². The highest BCUT2D eigenvalue weighted by molar-refractivity contribution is 6.30. The lowest BCUT2D eigenvalue weighted by atomic mass is 10.2. The third kappa shape index (κ3) is 2.64. The van der Waals surface area contributed by atoms with Crippen LogP contribution in [-0.4, -0.2) is 14.3 Å². The second-order valence-electron chi connectivity index (χ2n) is 4.40. The molecular formula is C15H10ClN3O2. The molecule has 3 rings (SSSR count). The fourth-order valence-corrected chi connectivity index (χ4v) is 2.22. The fourth-order valence-electron chi connectivity index (χ4n) is 2.06. The number of hydrogen-bond donors (Lipinski definition) is 0. The number of halogens is 1. The number of aromatic nitrogens is 2. The van der Waals surface area contributed by atoms with Gasteiger partial charge in [-0.05, 0) is 22.6 Å². The molecule has 0 unspecified atom stereocenters. The first-order valence-corrected chi connectivity index (χ1v) is 6.58. The number of hydrogen-bond acceptors (Lipinski definition) is 3. The zero-order valence-electron chi connectivity index (χ0n) is 10.8. The third-order valence-electron chi connectivity index (χ3n) is 2.99. The zero-order chi connectivity index (χ0) is 14.8. The normalized spacial score (nSPS) is 11.3. The van der Waals surface area contributed by atoms with Gasteiger partial charge in [-0.15, -0.1) is 0 Å². The number of benzene rings is 1. The van der Waals surface area contributed by atoms with Crippen LogP contribution in [0.15, 0.2) is 48.7 Å². The second-order valence-corrected chi connectivity index (χ2v) is 4.83. The predicted molar refractivity (Wildman–Crippen MR) is 82.2 cm³/mol. The summed E-state index contributed by atoms with van der Waals surface area (Å²) in [7, 11) is 0. The van der Waals surface area contributed by atoms with Crippen LogP contribution in [0.1, 0.15) is 11.3 Å². The van der Waals surface area contributed by atoms with Gasteiger partial charge in [0.2, 0.25) is 5.65 Å². The van der Waals surface area contributed by atoms with E-state index in [1.54, 1.807) is 24.3 Å². The Bertz CT molecular complexity index is 841. The number of nitrogens with zero attached hydrogens (tertiary/aromatic N) is 3. The number of pyridine rings is 1. The minimum atomic E-state index is -0.457. The van der Waals surface area contributed by atoms with Crippen LogP contribution in [0.3, 0.4) is 0 Å². The van der Waals surface area contributed by atoms with E-state index >= 15 is 0 Å². The molecule has 5 nitrogen and oxygen atoms in total. The average molecular weight is 300 g/mol. The molecule has 0 bridgehead atoms.